The van der Waals surface area contributed by atoms with E-state index in [1.165, 1.54) is 12.1 Å². The van der Waals surface area contributed by atoms with Crippen molar-refractivity contribution in [2.24, 2.45) is 0 Å². The summed E-state index contributed by atoms with van der Waals surface area (Å²) in [5.41, 5.74) is -1.34. The summed E-state index contributed by atoms with van der Waals surface area (Å²) >= 11 is 0. The molecule has 0 saturated carbocycles. The van der Waals surface area contributed by atoms with Crippen LogP contribution < -0.4 is 4.43 Å². The first-order valence-corrected chi connectivity index (χ1v) is 9.10. The van der Waals surface area contributed by atoms with Crippen LogP contribution in [0.25, 0.3) is 0 Å². The van der Waals surface area contributed by atoms with Gasteiger partial charge in [-0.3, -0.25) is 0 Å². The second-order valence-electron chi connectivity index (χ2n) is 6.18. The fourth-order valence-corrected chi connectivity index (χ4v) is 2.40. The van der Waals surface area contributed by atoms with Gasteiger partial charge in [-0.15, -0.1) is 0 Å². The summed E-state index contributed by atoms with van der Waals surface area (Å²) in [5, 5.41) is 8.80. The van der Waals surface area contributed by atoms with E-state index < -0.39 is 25.6 Å². The molecule has 0 unspecified atom stereocenters. The summed E-state index contributed by atoms with van der Waals surface area (Å²) in [5.74, 6) is 0.321. The predicted octanol–water partition coefficient (Wildman–Crippen LogP) is 4.96. The van der Waals surface area contributed by atoms with Gasteiger partial charge in [0.1, 0.15) is 5.75 Å². The van der Waals surface area contributed by atoms with Crippen molar-refractivity contribution < 1.29 is 17.6 Å². The van der Waals surface area contributed by atoms with Crippen molar-refractivity contribution >= 4 is 8.32 Å². The molecular formula is C14H18F3NOSi. The summed E-state index contributed by atoms with van der Waals surface area (Å²) < 4.78 is 44.0. The SMILES string of the molecule is CC(C)(C)[Si](C)(C)Oc1ccc(C(F)(F)F)c(C#N)c1. The summed E-state index contributed by atoms with van der Waals surface area (Å²) in [6.07, 6.45) is -4.53. The molecule has 0 bridgehead atoms. The molecule has 0 amide bonds. The van der Waals surface area contributed by atoms with Gasteiger partial charge in [0.05, 0.1) is 17.2 Å². The lowest BCUT2D eigenvalue weighted by molar-refractivity contribution is -0.137. The fourth-order valence-electron chi connectivity index (χ4n) is 1.37. The molecule has 1 aromatic rings. The van der Waals surface area contributed by atoms with E-state index in [9.17, 15) is 13.2 Å². The smallest absolute Gasteiger partial charge is 0.417 e. The van der Waals surface area contributed by atoms with Gasteiger partial charge in [-0.2, -0.15) is 18.4 Å². The first kappa shape index (κ1) is 16.6. The summed E-state index contributed by atoms with van der Waals surface area (Å²) in [7, 11) is -2.14. The standard InChI is InChI=1S/C14H18F3NOSi/c1-13(2,3)20(4,5)19-11-6-7-12(14(15,16)17)10(8-11)9-18/h6-8H,1-5H3. The zero-order valence-corrected chi connectivity index (χ0v) is 13.2. The minimum atomic E-state index is -4.53. The van der Waals surface area contributed by atoms with Gasteiger partial charge in [0.15, 0.2) is 0 Å². The van der Waals surface area contributed by atoms with Gasteiger partial charge in [0.2, 0.25) is 8.32 Å². The van der Waals surface area contributed by atoms with Crippen LogP contribution in [0, 0.1) is 11.3 Å². The van der Waals surface area contributed by atoms with Gasteiger partial charge in [-0.05, 0) is 36.3 Å². The Morgan fingerprint density at radius 2 is 1.70 bits per heavy atom. The molecule has 0 fully saturated rings. The molecule has 0 atom stereocenters. The van der Waals surface area contributed by atoms with Crippen LogP contribution in [0.5, 0.6) is 5.75 Å². The molecule has 2 nitrogen and oxygen atoms in total. The number of benzene rings is 1. The van der Waals surface area contributed by atoms with Gasteiger partial charge >= 0.3 is 6.18 Å². The number of alkyl halides is 3. The molecule has 0 spiro atoms. The average molecular weight is 301 g/mol. The molecule has 0 aliphatic rings. The second kappa shape index (κ2) is 5.13. The van der Waals surface area contributed by atoms with E-state index in [-0.39, 0.29) is 5.04 Å². The minimum Gasteiger partial charge on any atom is -0.543 e. The highest BCUT2D eigenvalue weighted by molar-refractivity contribution is 6.74. The van der Waals surface area contributed by atoms with Gasteiger partial charge in [0.25, 0.3) is 0 Å². The zero-order valence-electron chi connectivity index (χ0n) is 12.2. The Morgan fingerprint density at radius 3 is 2.10 bits per heavy atom. The van der Waals surface area contributed by atoms with Crippen LogP contribution in [-0.4, -0.2) is 8.32 Å². The molecule has 110 valence electrons. The molecule has 0 saturated heterocycles. The maximum Gasteiger partial charge on any atom is 0.417 e. The Hall–Kier alpha value is -1.48. The highest BCUT2D eigenvalue weighted by atomic mass is 28.4. The number of nitrogens with zero attached hydrogens (tertiary/aromatic N) is 1. The van der Waals surface area contributed by atoms with Gasteiger partial charge < -0.3 is 4.43 Å². The number of hydrogen-bond acceptors (Lipinski definition) is 2. The third-order valence-corrected chi connectivity index (χ3v) is 7.95. The van der Waals surface area contributed by atoms with Gasteiger partial charge in [-0.25, -0.2) is 0 Å². The maximum atomic E-state index is 12.7. The quantitative estimate of drug-likeness (QED) is 0.723. The molecule has 0 aliphatic carbocycles. The Bertz CT molecular complexity index is 539. The number of rotatable bonds is 2. The Morgan fingerprint density at radius 1 is 1.15 bits per heavy atom. The lowest BCUT2D eigenvalue weighted by atomic mass is 10.1. The van der Waals surface area contributed by atoms with Crippen LogP contribution in [0.1, 0.15) is 31.9 Å². The number of hydrogen-bond donors (Lipinski definition) is 0. The second-order valence-corrected chi connectivity index (χ2v) is 10.9. The van der Waals surface area contributed by atoms with Crippen molar-refractivity contribution in [3.8, 4) is 11.8 Å². The fraction of sp³-hybridized carbons (Fsp3) is 0.500. The Labute approximate surface area is 118 Å². The molecule has 0 radical (unpaired) electrons. The molecule has 1 aromatic carbocycles. The van der Waals surface area contributed by atoms with Crippen LogP contribution in [-0.2, 0) is 6.18 Å². The molecular weight excluding hydrogens is 283 g/mol. The third-order valence-electron chi connectivity index (χ3n) is 3.60. The van der Waals surface area contributed by atoms with Crippen molar-refractivity contribution in [3.05, 3.63) is 29.3 Å². The summed E-state index contributed by atoms with van der Waals surface area (Å²) in [6.45, 7) is 10.1. The van der Waals surface area contributed by atoms with Crippen molar-refractivity contribution in [1.82, 2.24) is 0 Å². The first-order valence-electron chi connectivity index (χ1n) is 6.19. The van der Waals surface area contributed by atoms with E-state index in [1.54, 1.807) is 6.07 Å². The molecule has 0 N–H and O–H groups in total. The molecule has 1 rings (SSSR count). The average Bonchev–Trinajstić information content (AvgIpc) is 2.25. The molecule has 6 heteroatoms. The van der Waals surface area contributed by atoms with Crippen molar-refractivity contribution in [2.75, 3.05) is 0 Å². The first-order chi connectivity index (χ1) is 8.88. The maximum absolute atomic E-state index is 12.7. The number of nitriles is 1. The van der Waals surface area contributed by atoms with Gasteiger partial charge in [-0.1, -0.05) is 20.8 Å². The summed E-state index contributed by atoms with van der Waals surface area (Å²) in [4.78, 5) is 0. The molecule has 0 heterocycles. The van der Waals surface area contributed by atoms with Gasteiger partial charge in [0, 0.05) is 0 Å². The molecule has 0 aliphatic heterocycles. The van der Waals surface area contributed by atoms with E-state index in [2.05, 4.69) is 0 Å². The van der Waals surface area contributed by atoms with Crippen LogP contribution in [0.3, 0.4) is 0 Å². The van der Waals surface area contributed by atoms with E-state index in [1.807, 2.05) is 33.9 Å². The predicted molar refractivity (Wildman–Crippen MR) is 74.0 cm³/mol. The van der Waals surface area contributed by atoms with E-state index in [4.69, 9.17) is 9.69 Å². The minimum absolute atomic E-state index is 0.0670. The summed E-state index contributed by atoms with van der Waals surface area (Å²) in [6, 6.07) is 4.94. The zero-order chi connectivity index (χ0) is 15.8. The number of halogens is 3. The van der Waals surface area contributed by atoms with Crippen LogP contribution in [0.4, 0.5) is 13.2 Å². The lowest BCUT2D eigenvalue weighted by Gasteiger charge is -2.36. The third kappa shape index (κ3) is 3.54. The van der Waals surface area contributed by atoms with E-state index >= 15 is 0 Å². The van der Waals surface area contributed by atoms with Crippen LogP contribution in [0.2, 0.25) is 18.1 Å². The molecule has 0 aromatic heterocycles. The highest BCUT2D eigenvalue weighted by Gasteiger charge is 2.39. The van der Waals surface area contributed by atoms with Crippen LogP contribution >= 0.6 is 0 Å². The van der Waals surface area contributed by atoms with E-state index in [0.29, 0.717) is 5.75 Å². The van der Waals surface area contributed by atoms with Crippen molar-refractivity contribution in [2.45, 2.75) is 45.1 Å². The molecule has 20 heavy (non-hydrogen) atoms. The van der Waals surface area contributed by atoms with Crippen LogP contribution in [0.15, 0.2) is 18.2 Å². The highest BCUT2D eigenvalue weighted by Crippen LogP contribution is 2.39. The van der Waals surface area contributed by atoms with Crippen molar-refractivity contribution in [1.29, 1.82) is 5.26 Å². The Balaban J connectivity index is 3.17. The lowest BCUT2D eigenvalue weighted by Crippen LogP contribution is -2.43. The monoisotopic (exact) mass is 301 g/mol. The van der Waals surface area contributed by atoms with Crippen molar-refractivity contribution in [3.63, 3.8) is 0 Å². The largest absolute Gasteiger partial charge is 0.543 e. The topological polar surface area (TPSA) is 33.0 Å². The Kier molecular flexibility index (Phi) is 4.25. The normalized spacial score (nSPS) is 12.9. The van der Waals surface area contributed by atoms with E-state index in [0.717, 1.165) is 6.07 Å².